The smallest absolute Gasteiger partial charge is 0.270 e. The Hall–Kier alpha value is -2.56. The Labute approximate surface area is 202 Å². The van der Waals surface area contributed by atoms with Gasteiger partial charge in [0.2, 0.25) is 0 Å². The maximum atomic E-state index is 12.9. The molecule has 0 bridgehead atoms. The molecule has 3 aromatic rings. The highest BCUT2D eigenvalue weighted by Gasteiger charge is 2.33. The van der Waals surface area contributed by atoms with E-state index in [1.54, 1.807) is 16.7 Å². The molecule has 3 heterocycles. The van der Waals surface area contributed by atoms with Gasteiger partial charge < -0.3 is 4.57 Å². The Kier molecular flexibility index (Phi) is 6.69. The predicted octanol–water partition coefficient (Wildman–Crippen LogP) is 3.49. The molecule has 0 atom stereocenters. The highest BCUT2D eigenvalue weighted by atomic mass is 35.5. The second kappa shape index (κ2) is 9.36. The monoisotopic (exact) mass is 524 g/mol. The zero-order valence-corrected chi connectivity index (χ0v) is 20.2. The minimum absolute atomic E-state index is 0.0601. The molecule has 0 radical (unpaired) electrons. The van der Waals surface area contributed by atoms with Gasteiger partial charge in [-0.05, 0) is 31.0 Å². The van der Waals surface area contributed by atoms with E-state index in [9.17, 15) is 23.3 Å². The van der Waals surface area contributed by atoms with Crippen LogP contribution in [0.4, 0.5) is 5.69 Å². The number of halogens is 1. The summed E-state index contributed by atoms with van der Waals surface area (Å²) < 4.78 is 29.7. The number of rotatable bonds is 5. The fraction of sp³-hybridized carbons (Fsp3) is 0.300. The second-order valence-corrected chi connectivity index (χ2v) is 12.2. The van der Waals surface area contributed by atoms with Gasteiger partial charge >= 0.3 is 0 Å². The summed E-state index contributed by atoms with van der Waals surface area (Å²) in [5.41, 5.74) is 0.598. The molecule has 1 aliphatic heterocycles. The molecular formula is C20H17ClN4O5S3. The number of carbonyl (C=O) groups excluding carboxylic acids is 1. The number of benzene rings is 1. The van der Waals surface area contributed by atoms with Gasteiger partial charge in [-0.25, -0.2) is 8.42 Å². The van der Waals surface area contributed by atoms with E-state index in [2.05, 4.69) is 10.9 Å². The van der Waals surface area contributed by atoms with Gasteiger partial charge in [0.1, 0.15) is 4.21 Å². The van der Waals surface area contributed by atoms with Gasteiger partial charge in [-0.2, -0.15) is 9.30 Å². The van der Waals surface area contributed by atoms with Crippen LogP contribution in [0.1, 0.15) is 12.8 Å². The van der Waals surface area contributed by atoms with Crippen molar-refractivity contribution in [1.82, 2.24) is 8.87 Å². The first-order chi connectivity index (χ1) is 15.7. The molecule has 4 rings (SSSR count). The minimum atomic E-state index is -3.65. The molecule has 2 aromatic heterocycles. The number of nitro groups is 1. The van der Waals surface area contributed by atoms with Crippen LogP contribution in [0.5, 0.6) is 0 Å². The van der Waals surface area contributed by atoms with Gasteiger partial charge in [-0.1, -0.05) is 28.9 Å². The fourth-order valence-electron chi connectivity index (χ4n) is 3.60. The topological polar surface area (TPSA) is 115 Å². The van der Waals surface area contributed by atoms with Crippen molar-refractivity contribution in [2.24, 2.45) is 10.9 Å². The van der Waals surface area contributed by atoms with Crippen molar-refractivity contribution in [3.05, 3.63) is 49.6 Å². The predicted molar refractivity (Wildman–Crippen MR) is 127 cm³/mol. The minimum Gasteiger partial charge on any atom is -0.305 e. The molecule has 1 fully saturated rings. The van der Waals surface area contributed by atoms with Gasteiger partial charge in [-0.3, -0.25) is 14.9 Å². The third-order valence-corrected chi connectivity index (χ3v) is 9.92. The maximum absolute atomic E-state index is 12.9. The number of fused-ring (bicyclic) bond motifs is 1. The Bertz CT molecular complexity index is 1460. The van der Waals surface area contributed by atoms with E-state index >= 15 is 0 Å². The molecule has 0 aliphatic carbocycles. The van der Waals surface area contributed by atoms with E-state index in [1.807, 2.05) is 0 Å². The Morgan fingerprint density at radius 2 is 2.00 bits per heavy atom. The van der Waals surface area contributed by atoms with Gasteiger partial charge in [0, 0.05) is 31.1 Å². The maximum Gasteiger partial charge on any atom is 0.270 e. The molecule has 9 nitrogen and oxygen atoms in total. The highest BCUT2D eigenvalue weighted by Crippen LogP contribution is 2.31. The second-order valence-electron chi connectivity index (χ2n) is 7.27. The van der Waals surface area contributed by atoms with Crippen LogP contribution in [0, 0.1) is 28.4 Å². The number of thiophene rings is 1. The number of nitrogens with zero attached hydrogens (tertiary/aromatic N) is 4. The van der Waals surface area contributed by atoms with Crippen LogP contribution in [0.25, 0.3) is 10.2 Å². The zero-order valence-electron chi connectivity index (χ0n) is 17.0. The number of thiazole rings is 1. The lowest BCUT2D eigenvalue weighted by molar-refractivity contribution is -0.384. The quantitative estimate of drug-likeness (QED) is 0.288. The van der Waals surface area contributed by atoms with Crippen molar-refractivity contribution >= 4 is 66.1 Å². The van der Waals surface area contributed by atoms with Crippen LogP contribution in [-0.4, -0.2) is 41.2 Å². The number of nitro benzene ring substituents is 1. The van der Waals surface area contributed by atoms with Gasteiger partial charge in [0.25, 0.3) is 21.6 Å². The molecule has 0 unspecified atom stereocenters. The Morgan fingerprint density at radius 1 is 1.27 bits per heavy atom. The number of sulfonamides is 1. The van der Waals surface area contributed by atoms with E-state index in [1.165, 1.54) is 22.5 Å². The first-order valence-corrected chi connectivity index (χ1v) is 13.2. The lowest BCUT2D eigenvalue weighted by Gasteiger charge is -2.29. The number of terminal acetylenes is 1. The summed E-state index contributed by atoms with van der Waals surface area (Å²) in [6.07, 6.45) is 6.14. The molecule has 1 aliphatic rings. The number of carbonyl (C=O) groups is 1. The lowest BCUT2D eigenvalue weighted by atomic mass is 9.98. The Morgan fingerprint density at radius 3 is 2.61 bits per heavy atom. The van der Waals surface area contributed by atoms with Gasteiger partial charge in [-0.15, -0.1) is 17.8 Å². The lowest BCUT2D eigenvalue weighted by Crippen LogP contribution is -2.40. The third kappa shape index (κ3) is 4.73. The summed E-state index contributed by atoms with van der Waals surface area (Å²) in [4.78, 5) is 28.1. The normalized spacial score (nSPS) is 16.2. The van der Waals surface area contributed by atoms with Gasteiger partial charge in [0.15, 0.2) is 4.80 Å². The van der Waals surface area contributed by atoms with Crippen molar-refractivity contribution in [2.75, 3.05) is 13.1 Å². The fourth-order valence-corrected chi connectivity index (χ4v) is 7.77. The first-order valence-electron chi connectivity index (χ1n) is 9.76. The van der Waals surface area contributed by atoms with Gasteiger partial charge in [0.05, 0.1) is 26.0 Å². The van der Waals surface area contributed by atoms with E-state index in [4.69, 9.17) is 18.0 Å². The number of piperidine rings is 1. The summed E-state index contributed by atoms with van der Waals surface area (Å²) in [7, 11) is -3.65. The summed E-state index contributed by atoms with van der Waals surface area (Å²) in [6, 6.07) is 7.41. The van der Waals surface area contributed by atoms with Crippen molar-refractivity contribution in [3.8, 4) is 12.3 Å². The van der Waals surface area contributed by atoms with E-state index in [0.717, 1.165) is 22.7 Å². The molecule has 1 aromatic carbocycles. The molecule has 13 heteroatoms. The average molecular weight is 525 g/mol. The van der Waals surface area contributed by atoms with E-state index in [-0.39, 0.29) is 35.4 Å². The third-order valence-electron chi connectivity index (χ3n) is 5.28. The number of non-ortho nitro benzene ring substituents is 1. The van der Waals surface area contributed by atoms with Crippen LogP contribution >= 0.6 is 34.3 Å². The van der Waals surface area contributed by atoms with E-state index in [0.29, 0.717) is 32.2 Å². The summed E-state index contributed by atoms with van der Waals surface area (Å²) in [6.45, 7) is 0.559. The SMILES string of the molecule is C#CCn1c(=NC(=O)C2CCN(S(=O)(=O)c3ccc(Cl)s3)CC2)sc2cc([N+](=O)[O-])ccc21. The molecule has 0 spiro atoms. The van der Waals surface area contributed by atoms with Crippen LogP contribution in [-0.2, 0) is 21.4 Å². The van der Waals surface area contributed by atoms with Crippen molar-refractivity contribution < 1.29 is 18.1 Å². The standard InChI is InChI=1S/C20H17ClN4O5S3/c1-2-9-24-15-4-3-14(25(27)28)12-16(15)31-20(24)22-19(26)13-7-10-23(11-8-13)33(29,30)18-6-5-17(21)32-18/h1,3-6,12-13H,7-11H2. The van der Waals surface area contributed by atoms with Crippen molar-refractivity contribution in [2.45, 2.75) is 23.6 Å². The number of hydrogen-bond donors (Lipinski definition) is 0. The van der Waals surface area contributed by atoms with Crippen LogP contribution in [0.2, 0.25) is 4.34 Å². The van der Waals surface area contributed by atoms with E-state index < -0.39 is 20.9 Å². The molecule has 0 saturated carbocycles. The molecule has 172 valence electrons. The van der Waals surface area contributed by atoms with Crippen molar-refractivity contribution in [3.63, 3.8) is 0 Å². The van der Waals surface area contributed by atoms with Crippen LogP contribution < -0.4 is 4.80 Å². The Balaban J connectivity index is 1.56. The number of aromatic nitrogens is 1. The summed E-state index contributed by atoms with van der Waals surface area (Å²) >= 11 is 8.02. The van der Waals surface area contributed by atoms with Crippen LogP contribution in [0.15, 0.2) is 39.5 Å². The first kappa shape index (κ1) is 23.6. The molecule has 0 N–H and O–H groups in total. The largest absolute Gasteiger partial charge is 0.305 e. The highest BCUT2D eigenvalue weighted by molar-refractivity contribution is 7.91. The molecular weight excluding hydrogens is 508 g/mol. The molecule has 1 saturated heterocycles. The van der Waals surface area contributed by atoms with Crippen LogP contribution in [0.3, 0.4) is 0 Å². The summed E-state index contributed by atoms with van der Waals surface area (Å²) in [5.74, 6) is 1.72. The number of amides is 1. The van der Waals surface area contributed by atoms with Crippen molar-refractivity contribution in [1.29, 1.82) is 0 Å². The average Bonchev–Trinajstić information content (AvgIpc) is 3.38. The zero-order chi connectivity index (χ0) is 23.8. The number of hydrogen-bond acceptors (Lipinski definition) is 7. The molecule has 1 amide bonds. The summed E-state index contributed by atoms with van der Waals surface area (Å²) in [5, 5.41) is 11.1. The molecule has 33 heavy (non-hydrogen) atoms.